The van der Waals surface area contributed by atoms with Gasteiger partial charge in [0.05, 0.1) is 19.2 Å². The van der Waals surface area contributed by atoms with Gasteiger partial charge in [0.2, 0.25) is 0 Å². The Bertz CT molecular complexity index is 441. The Morgan fingerprint density at radius 3 is 2.46 bits per heavy atom. The summed E-state index contributed by atoms with van der Waals surface area (Å²) in [6.45, 7) is 8.18. The van der Waals surface area contributed by atoms with Crippen molar-refractivity contribution in [3.05, 3.63) is 0 Å². The van der Waals surface area contributed by atoms with E-state index in [2.05, 4.69) is 5.32 Å². The summed E-state index contributed by atoms with van der Waals surface area (Å²) < 4.78 is 11.2. The van der Waals surface area contributed by atoms with E-state index in [0.717, 1.165) is 19.3 Å². The largest absolute Gasteiger partial charge is 0.444 e. The first kappa shape index (κ1) is 19.0. The first-order valence-corrected chi connectivity index (χ1v) is 9.21. The summed E-state index contributed by atoms with van der Waals surface area (Å²) in [7, 11) is 0. The molecular formula is C18H32N2O4. The molecule has 2 aliphatic rings. The van der Waals surface area contributed by atoms with Gasteiger partial charge in [-0.05, 0) is 40.0 Å². The molecule has 0 aromatic rings. The first-order chi connectivity index (χ1) is 11.3. The molecule has 24 heavy (non-hydrogen) atoms. The van der Waals surface area contributed by atoms with Crippen molar-refractivity contribution < 1.29 is 19.1 Å². The third kappa shape index (κ3) is 5.36. The van der Waals surface area contributed by atoms with Gasteiger partial charge in [-0.2, -0.15) is 0 Å². The molecule has 0 spiro atoms. The van der Waals surface area contributed by atoms with E-state index in [4.69, 9.17) is 9.47 Å². The van der Waals surface area contributed by atoms with Crippen LogP contribution in [0.15, 0.2) is 0 Å². The molecule has 1 N–H and O–H groups in total. The Hall–Kier alpha value is -1.30. The minimum atomic E-state index is -0.609. The van der Waals surface area contributed by atoms with Gasteiger partial charge in [0.15, 0.2) is 6.10 Å². The number of morpholine rings is 1. The van der Waals surface area contributed by atoms with E-state index in [0.29, 0.717) is 6.61 Å². The summed E-state index contributed by atoms with van der Waals surface area (Å²) >= 11 is 0. The number of carbonyl (C=O) groups is 2. The van der Waals surface area contributed by atoms with Crippen LogP contribution in [-0.4, -0.2) is 53.8 Å². The maximum Gasteiger partial charge on any atom is 0.410 e. The summed E-state index contributed by atoms with van der Waals surface area (Å²) in [4.78, 5) is 26.6. The van der Waals surface area contributed by atoms with Crippen LogP contribution in [0.25, 0.3) is 0 Å². The number of rotatable bonds is 3. The fourth-order valence-corrected chi connectivity index (χ4v) is 3.28. The van der Waals surface area contributed by atoms with Gasteiger partial charge in [-0.3, -0.25) is 9.69 Å². The lowest BCUT2D eigenvalue weighted by Crippen LogP contribution is -2.57. The molecule has 1 saturated carbocycles. The standard InChI is InChI=1S/C18H32N2O4/c1-5-14-12-23-15(11-20(14)17(22)24-18(2,3)4)16(21)19-13-9-7-6-8-10-13/h13-15H,5-12H2,1-4H3,(H,19,21)/t14-,15+/m1/s1. The van der Waals surface area contributed by atoms with E-state index in [-0.39, 0.29) is 30.6 Å². The van der Waals surface area contributed by atoms with E-state index >= 15 is 0 Å². The third-order valence-electron chi connectivity index (χ3n) is 4.64. The van der Waals surface area contributed by atoms with Gasteiger partial charge >= 0.3 is 6.09 Å². The van der Waals surface area contributed by atoms with Crippen molar-refractivity contribution in [1.82, 2.24) is 10.2 Å². The number of carbonyl (C=O) groups excluding carboxylic acids is 2. The highest BCUT2D eigenvalue weighted by Gasteiger charge is 2.37. The van der Waals surface area contributed by atoms with Crippen molar-refractivity contribution in [2.24, 2.45) is 0 Å². The highest BCUT2D eigenvalue weighted by atomic mass is 16.6. The Labute approximate surface area is 145 Å². The van der Waals surface area contributed by atoms with E-state index < -0.39 is 11.7 Å². The lowest BCUT2D eigenvalue weighted by Gasteiger charge is -2.39. The maximum absolute atomic E-state index is 12.5. The van der Waals surface area contributed by atoms with Gasteiger partial charge in [-0.15, -0.1) is 0 Å². The zero-order valence-corrected chi connectivity index (χ0v) is 15.5. The van der Waals surface area contributed by atoms with Gasteiger partial charge in [-0.25, -0.2) is 4.79 Å². The summed E-state index contributed by atoms with van der Waals surface area (Å²) in [5, 5.41) is 3.09. The summed E-state index contributed by atoms with van der Waals surface area (Å²) in [5.41, 5.74) is -0.548. The zero-order chi connectivity index (χ0) is 17.7. The van der Waals surface area contributed by atoms with E-state index in [9.17, 15) is 9.59 Å². The number of hydrogen-bond donors (Lipinski definition) is 1. The molecule has 0 unspecified atom stereocenters. The molecular weight excluding hydrogens is 308 g/mol. The number of amides is 2. The molecule has 6 nitrogen and oxygen atoms in total. The molecule has 2 fully saturated rings. The summed E-state index contributed by atoms with van der Waals surface area (Å²) in [5.74, 6) is -0.106. The lowest BCUT2D eigenvalue weighted by atomic mass is 9.95. The second-order valence-corrected chi connectivity index (χ2v) is 7.86. The van der Waals surface area contributed by atoms with Crippen LogP contribution in [-0.2, 0) is 14.3 Å². The topological polar surface area (TPSA) is 67.9 Å². The van der Waals surface area contributed by atoms with Crippen molar-refractivity contribution in [3.8, 4) is 0 Å². The quantitative estimate of drug-likeness (QED) is 0.858. The van der Waals surface area contributed by atoms with Crippen LogP contribution < -0.4 is 5.32 Å². The minimum absolute atomic E-state index is 0.0430. The molecule has 0 aromatic heterocycles. The monoisotopic (exact) mass is 340 g/mol. The smallest absolute Gasteiger partial charge is 0.410 e. The number of nitrogens with zero attached hydrogens (tertiary/aromatic N) is 1. The SMILES string of the molecule is CC[C@@H]1CO[C@H](C(=O)NC2CCCCC2)CN1C(=O)OC(C)(C)C. The van der Waals surface area contributed by atoms with Crippen molar-refractivity contribution in [1.29, 1.82) is 0 Å². The van der Waals surface area contributed by atoms with Crippen molar-refractivity contribution in [3.63, 3.8) is 0 Å². The van der Waals surface area contributed by atoms with Crippen molar-refractivity contribution in [2.45, 2.75) is 90.0 Å². The molecule has 1 aliphatic carbocycles. The fourth-order valence-electron chi connectivity index (χ4n) is 3.28. The fraction of sp³-hybridized carbons (Fsp3) is 0.889. The Balaban J connectivity index is 1.95. The van der Waals surface area contributed by atoms with E-state index in [1.165, 1.54) is 19.3 Å². The third-order valence-corrected chi connectivity index (χ3v) is 4.64. The number of ether oxygens (including phenoxy) is 2. The average molecular weight is 340 g/mol. The second kappa shape index (κ2) is 8.19. The maximum atomic E-state index is 12.5. The zero-order valence-electron chi connectivity index (χ0n) is 15.5. The number of nitrogens with one attached hydrogen (secondary N) is 1. The van der Waals surface area contributed by atoms with Crippen LogP contribution in [0.1, 0.15) is 66.2 Å². The summed E-state index contributed by atoms with van der Waals surface area (Å²) in [6.07, 6.45) is 5.44. The molecule has 0 radical (unpaired) electrons. The van der Waals surface area contributed by atoms with Gasteiger partial charge in [-0.1, -0.05) is 26.2 Å². The van der Waals surface area contributed by atoms with Crippen LogP contribution in [0.5, 0.6) is 0 Å². The normalized spacial score (nSPS) is 26.1. The average Bonchev–Trinajstić information content (AvgIpc) is 2.53. The van der Waals surface area contributed by atoms with Crippen LogP contribution in [0, 0.1) is 0 Å². The molecule has 2 atom stereocenters. The van der Waals surface area contributed by atoms with Crippen molar-refractivity contribution in [2.75, 3.05) is 13.2 Å². The molecule has 1 aliphatic heterocycles. The van der Waals surface area contributed by atoms with Crippen molar-refractivity contribution >= 4 is 12.0 Å². The molecule has 0 aromatic carbocycles. The Morgan fingerprint density at radius 2 is 1.88 bits per heavy atom. The van der Waals surface area contributed by atoms with Gasteiger partial charge < -0.3 is 14.8 Å². The molecule has 0 bridgehead atoms. The van der Waals surface area contributed by atoms with Gasteiger partial charge in [0.25, 0.3) is 5.91 Å². The predicted molar refractivity (Wildman–Crippen MR) is 91.8 cm³/mol. The van der Waals surface area contributed by atoms with E-state index in [1.54, 1.807) is 4.90 Å². The van der Waals surface area contributed by atoms with E-state index in [1.807, 2.05) is 27.7 Å². The number of hydrogen-bond acceptors (Lipinski definition) is 4. The van der Waals surface area contributed by atoms with Crippen LogP contribution in [0.3, 0.4) is 0 Å². The highest BCUT2D eigenvalue weighted by molar-refractivity contribution is 5.82. The van der Waals surface area contributed by atoms with Crippen LogP contribution in [0.2, 0.25) is 0 Å². The Kier molecular flexibility index (Phi) is 6.49. The predicted octanol–water partition coefficient (Wildman–Crippen LogP) is 2.85. The lowest BCUT2D eigenvalue weighted by molar-refractivity contribution is -0.142. The second-order valence-electron chi connectivity index (χ2n) is 7.86. The Morgan fingerprint density at radius 1 is 1.21 bits per heavy atom. The molecule has 138 valence electrons. The molecule has 1 heterocycles. The molecule has 1 saturated heterocycles. The van der Waals surface area contributed by atoms with Crippen LogP contribution >= 0.6 is 0 Å². The first-order valence-electron chi connectivity index (χ1n) is 9.21. The van der Waals surface area contributed by atoms with Gasteiger partial charge in [0.1, 0.15) is 5.60 Å². The molecule has 2 rings (SSSR count). The highest BCUT2D eigenvalue weighted by Crippen LogP contribution is 2.21. The molecule has 2 amide bonds. The van der Waals surface area contributed by atoms with Crippen LogP contribution in [0.4, 0.5) is 4.79 Å². The molecule has 6 heteroatoms. The summed E-state index contributed by atoms with van der Waals surface area (Å²) in [6, 6.07) is 0.201. The van der Waals surface area contributed by atoms with Gasteiger partial charge in [0, 0.05) is 6.04 Å². The minimum Gasteiger partial charge on any atom is -0.444 e.